The fourth-order valence-electron chi connectivity index (χ4n) is 1.72. The fraction of sp³-hybridized carbons (Fsp3) is 0.0714. The van der Waals surface area contributed by atoms with E-state index >= 15 is 0 Å². The standard InChI is InChI=1S/C14H10F3/c1-9(10-4-2-5-11(15)8-10)14-12(16)6-3-7-13(14)17/h2-8H,1H3. The predicted molar refractivity (Wildman–Crippen MR) is 59.9 cm³/mol. The van der Waals surface area contributed by atoms with Crippen LogP contribution in [-0.4, -0.2) is 0 Å². The average molecular weight is 235 g/mol. The number of halogens is 3. The Bertz CT molecular complexity index is 514. The summed E-state index contributed by atoms with van der Waals surface area (Å²) in [5, 5.41) is 0. The van der Waals surface area contributed by atoms with E-state index in [4.69, 9.17) is 0 Å². The first-order valence-electron chi connectivity index (χ1n) is 5.13. The van der Waals surface area contributed by atoms with Gasteiger partial charge in [-0.1, -0.05) is 25.1 Å². The van der Waals surface area contributed by atoms with Gasteiger partial charge in [-0.25, -0.2) is 13.2 Å². The molecule has 1 radical (unpaired) electrons. The Labute approximate surface area is 97.7 Å². The van der Waals surface area contributed by atoms with Gasteiger partial charge in [0, 0.05) is 11.5 Å². The Hall–Kier alpha value is -1.77. The third-order valence-corrected chi connectivity index (χ3v) is 2.60. The lowest BCUT2D eigenvalue weighted by molar-refractivity contribution is 0.565. The summed E-state index contributed by atoms with van der Waals surface area (Å²) < 4.78 is 40.1. The van der Waals surface area contributed by atoms with E-state index < -0.39 is 17.5 Å². The van der Waals surface area contributed by atoms with Crippen LogP contribution in [-0.2, 0) is 0 Å². The predicted octanol–water partition coefficient (Wildman–Crippen LogP) is 4.09. The molecule has 2 rings (SSSR count). The van der Waals surface area contributed by atoms with Gasteiger partial charge in [-0.3, -0.25) is 0 Å². The molecule has 0 saturated heterocycles. The van der Waals surface area contributed by atoms with E-state index in [2.05, 4.69) is 0 Å². The SMILES string of the molecule is C[C](c1cccc(F)c1)c1c(F)cccc1F. The molecule has 0 aliphatic carbocycles. The molecular weight excluding hydrogens is 225 g/mol. The molecule has 0 aliphatic heterocycles. The minimum Gasteiger partial charge on any atom is -0.207 e. The molecule has 0 N–H and O–H groups in total. The zero-order valence-electron chi connectivity index (χ0n) is 9.18. The van der Waals surface area contributed by atoms with Crippen molar-refractivity contribution in [2.45, 2.75) is 6.92 Å². The van der Waals surface area contributed by atoms with Crippen LogP contribution in [0, 0.1) is 23.4 Å². The van der Waals surface area contributed by atoms with Crippen LogP contribution in [0.5, 0.6) is 0 Å². The van der Waals surface area contributed by atoms with Crippen LogP contribution >= 0.6 is 0 Å². The molecule has 0 fully saturated rings. The molecule has 0 aromatic heterocycles. The van der Waals surface area contributed by atoms with E-state index in [0.29, 0.717) is 11.5 Å². The average Bonchev–Trinajstić information content (AvgIpc) is 2.28. The molecule has 3 heteroatoms. The highest BCUT2D eigenvalue weighted by atomic mass is 19.1. The van der Waals surface area contributed by atoms with Crippen LogP contribution in [0.2, 0.25) is 0 Å². The van der Waals surface area contributed by atoms with Crippen molar-refractivity contribution in [1.29, 1.82) is 0 Å². The van der Waals surface area contributed by atoms with Crippen LogP contribution in [0.1, 0.15) is 18.1 Å². The van der Waals surface area contributed by atoms with Crippen molar-refractivity contribution in [1.82, 2.24) is 0 Å². The van der Waals surface area contributed by atoms with Crippen molar-refractivity contribution < 1.29 is 13.2 Å². The zero-order valence-corrected chi connectivity index (χ0v) is 9.18. The Balaban J connectivity index is 2.47. The van der Waals surface area contributed by atoms with Crippen LogP contribution < -0.4 is 0 Å². The lowest BCUT2D eigenvalue weighted by atomic mass is 9.92. The molecule has 0 bridgehead atoms. The van der Waals surface area contributed by atoms with Crippen molar-refractivity contribution in [3.8, 4) is 0 Å². The van der Waals surface area contributed by atoms with Crippen LogP contribution in [0.25, 0.3) is 0 Å². The number of benzene rings is 2. The Morgan fingerprint density at radius 1 is 0.882 bits per heavy atom. The molecule has 0 aliphatic rings. The minimum absolute atomic E-state index is 0.113. The quantitative estimate of drug-likeness (QED) is 0.735. The molecule has 0 nitrogen and oxygen atoms in total. The van der Waals surface area contributed by atoms with Gasteiger partial charge in [0.1, 0.15) is 17.5 Å². The van der Waals surface area contributed by atoms with Gasteiger partial charge in [-0.15, -0.1) is 0 Å². The first-order chi connectivity index (χ1) is 8.09. The van der Waals surface area contributed by atoms with Gasteiger partial charge in [0.05, 0.1) is 0 Å². The van der Waals surface area contributed by atoms with Gasteiger partial charge in [0.15, 0.2) is 0 Å². The van der Waals surface area contributed by atoms with E-state index in [1.54, 1.807) is 13.0 Å². The van der Waals surface area contributed by atoms with E-state index in [0.717, 1.165) is 0 Å². The lowest BCUT2D eigenvalue weighted by Crippen LogP contribution is -2.04. The molecule has 0 atom stereocenters. The molecule has 0 heterocycles. The van der Waals surface area contributed by atoms with E-state index in [9.17, 15) is 13.2 Å². The molecule has 0 saturated carbocycles. The van der Waals surface area contributed by atoms with Crippen molar-refractivity contribution in [3.05, 3.63) is 77.0 Å². The number of hydrogen-bond donors (Lipinski definition) is 0. The highest BCUT2D eigenvalue weighted by Gasteiger charge is 2.18. The Morgan fingerprint density at radius 3 is 2.06 bits per heavy atom. The molecular formula is C14H10F3. The van der Waals surface area contributed by atoms with Gasteiger partial charge in [0.2, 0.25) is 0 Å². The molecule has 0 unspecified atom stereocenters. The second kappa shape index (κ2) is 4.62. The van der Waals surface area contributed by atoms with Gasteiger partial charge >= 0.3 is 0 Å². The summed E-state index contributed by atoms with van der Waals surface area (Å²) in [6.07, 6.45) is 0. The van der Waals surface area contributed by atoms with Crippen molar-refractivity contribution in [2.24, 2.45) is 0 Å². The lowest BCUT2D eigenvalue weighted by Gasteiger charge is -2.13. The summed E-state index contributed by atoms with van der Waals surface area (Å²) in [4.78, 5) is 0. The number of hydrogen-bond acceptors (Lipinski definition) is 0. The van der Waals surface area contributed by atoms with Crippen LogP contribution in [0.3, 0.4) is 0 Å². The maximum absolute atomic E-state index is 13.5. The highest BCUT2D eigenvalue weighted by Crippen LogP contribution is 2.27. The third-order valence-electron chi connectivity index (χ3n) is 2.60. The fourth-order valence-corrected chi connectivity index (χ4v) is 1.72. The Morgan fingerprint density at radius 2 is 1.47 bits per heavy atom. The number of rotatable bonds is 2. The molecule has 17 heavy (non-hydrogen) atoms. The van der Waals surface area contributed by atoms with Crippen LogP contribution in [0.15, 0.2) is 42.5 Å². The topological polar surface area (TPSA) is 0 Å². The summed E-state index contributed by atoms with van der Waals surface area (Å²) in [5.41, 5.74) is 0.354. The third kappa shape index (κ3) is 2.33. The first kappa shape index (κ1) is 11.7. The minimum atomic E-state index is -0.647. The maximum atomic E-state index is 13.5. The van der Waals surface area contributed by atoms with Gasteiger partial charge in [-0.2, -0.15) is 0 Å². The van der Waals surface area contributed by atoms with Crippen LogP contribution in [0.4, 0.5) is 13.2 Å². The largest absolute Gasteiger partial charge is 0.207 e. The normalized spacial score (nSPS) is 10.9. The molecule has 2 aromatic carbocycles. The van der Waals surface area contributed by atoms with E-state index in [1.807, 2.05) is 0 Å². The zero-order chi connectivity index (χ0) is 12.4. The molecule has 2 aromatic rings. The summed E-state index contributed by atoms with van der Waals surface area (Å²) in [7, 11) is 0. The maximum Gasteiger partial charge on any atom is 0.130 e. The second-order valence-electron chi connectivity index (χ2n) is 3.73. The summed E-state index contributed by atoms with van der Waals surface area (Å²) in [6, 6.07) is 9.32. The van der Waals surface area contributed by atoms with Gasteiger partial charge in [-0.05, 0) is 29.8 Å². The highest BCUT2D eigenvalue weighted by molar-refractivity contribution is 5.45. The summed E-state index contributed by atoms with van der Waals surface area (Å²) in [6.45, 7) is 1.57. The van der Waals surface area contributed by atoms with Gasteiger partial charge in [0.25, 0.3) is 0 Å². The van der Waals surface area contributed by atoms with Gasteiger partial charge < -0.3 is 0 Å². The molecule has 87 valence electrons. The van der Waals surface area contributed by atoms with Crippen molar-refractivity contribution in [3.63, 3.8) is 0 Å². The van der Waals surface area contributed by atoms with E-state index in [1.165, 1.54) is 36.4 Å². The van der Waals surface area contributed by atoms with Crippen molar-refractivity contribution in [2.75, 3.05) is 0 Å². The summed E-state index contributed by atoms with van der Waals surface area (Å²) in [5.74, 6) is -1.35. The Kier molecular flexibility index (Phi) is 3.18. The van der Waals surface area contributed by atoms with Crippen molar-refractivity contribution >= 4 is 0 Å². The van der Waals surface area contributed by atoms with E-state index in [-0.39, 0.29) is 5.56 Å². The molecule has 0 spiro atoms. The summed E-state index contributed by atoms with van der Waals surface area (Å²) >= 11 is 0. The monoisotopic (exact) mass is 235 g/mol. The molecule has 0 amide bonds. The second-order valence-corrected chi connectivity index (χ2v) is 3.73. The first-order valence-corrected chi connectivity index (χ1v) is 5.13. The smallest absolute Gasteiger partial charge is 0.130 e.